The van der Waals surface area contributed by atoms with Gasteiger partial charge in [0.2, 0.25) is 5.91 Å². The van der Waals surface area contributed by atoms with E-state index in [2.05, 4.69) is 20.9 Å². The van der Waals surface area contributed by atoms with Gasteiger partial charge in [-0.25, -0.2) is 0 Å². The number of hydrogen-bond donors (Lipinski definition) is 3. The van der Waals surface area contributed by atoms with E-state index in [0.717, 1.165) is 56.0 Å². The molecule has 1 amide bonds. The summed E-state index contributed by atoms with van der Waals surface area (Å²) >= 11 is 6.28. The maximum atomic E-state index is 11.8. The Labute approximate surface area is 190 Å². The number of ether oxygens (including phenoxy) is 1. The van der Waals surface area contributed by atoms with E-state index >= 15 is 0 Å². The van der Waals surface area contributed by atoms with Crippen LogP contribution in [0, 0.1) is 5.92 Å². The zero-order valence-electron chi connectivity index (χ0n) is 16.7. The van der Waals surface area contributed by atoms with Crippen molar-refractivity contribution in [3.8, 4) is 5.75 Å². The molecule has 0 aliphatic heterocycles. The summed E-state index contributed by atoms with van der Waals surface area (Å²) < 4.78 is 5.17. The molecule has 1 aromatic rings. The van der Waals surface area contributed by atoms with Crippen LogP contribution in [0.15, 0.2) is 23.2 Å². The molecule has 158 valence electrons. The molecule has 0 saturated heterocycles. The van der Waals surface area contributed by atoms with Crippen LogP contribution in [0.5, 0.6) is 5.75 Å². The second-order valence-electron chi connectivity index (χ2n) is 6.67. The number of rotatable bonds is 10. The van der Waals surface area contributed by atoms with Crippen molar-refractivity contribution in [2.45, 2.75) is 39.0 Å². The number of nitrogens with one attached hydrogen (secondary N) is 3. The Morgan fingerprint density at radius 2 is 2.04 bits per heavy atom. The Hall–Kier alpha value is -1.22. The topological polar surface area (TPSA) is 74.8 Å². The molecular formula is C20H32ClIN4O2. The zero-order chi connectivity index (χ0) is 19.5. The third kappa shape index (κ3) is 8.43. The Balaban J connectivity index is 0.00000392. The van der Waals surface area contributed by atoms with Gasteiger partial charge in [0, 0.05) is 37.1 Å². The summed E-state index contributed by atoms with van der Waals surface area (Å²) in [5.74, 6) is 1.99. The predicted octanol–water partition coefficient (Wildman–Crippen LogP) is 3.37. The molecule has 0 radical (unpaired) electrons. The molecule has 3 N–H and O–H groups in total. The van der Waals surface area contributed by atoms with Gasteiger partial charge in [-0.1, -0.05) is 24.1 Å². The fourth-order valence-corrected chi connectivity index (χ4v) is 3.08. The van der Waals surface area contributed by atoms with Gasteiger partial charge in [0.15, 0.2) is 5.96 Å². The summed E-state index contributed by atoms with van der Waals surface area (Å²) in [5.41, 5.74) is 1.07. The van der Waals surface area contributed by atoms with Crippen molar-refractivity contribution in [3.63, 3.8) is 0 Å². The monoisotopic (exact) mass is 522 g/mol. The van der Waals surface area contributed by atoms with Gasteiger partial charge in [-0.3, -0.25) is 9.79 Å². The highest BCUT2D eigenvalue weighted by Crippen LogP contribution is 2.26. The number of hydrogen-bond acceptors (Lipinski definition) is 3. The largest absolute Gasteiger partial charge is 0.497 e. The van der Waals surface area contributed by atoms with Crippen LogP contribution < -0.4 is 20.7 Å². The van der Waals surface area contributed by atoms with Crippen molar-refractivity contribution in [2.24, 2.45) is 10.9 Å². The molecule has 0 spiro atoms. The number of amides is 1. The van der Waals surface area contributed by atoms with Crippen LogP contribution in [0.1, 0.15) is 38.2 Å². The van der Waals surface area contributed by atoms with Crippen LogP contribution in [0.2, 0.25) is 5.02 Å². The minimum absolute atomic E-state index is 0. The minimum atomic E-state index is 0. The molecule has 0 bridgehead atoms. The van der Waals surface area contributed by atoms with Crippen molar-refractivity contribution in [1.29, 1.82) is 0 Å². The summed E-state index contributed by atoms with van der Waals surface area (Å²) in [6.45, 7) is 4.92. The first-order chi connectivity index (χ1) is 13.1. The summed E-state index contributed by atoms with van der Waals surface area (Å²) in [6.07, 6.45) is 4.89. The predicted molar refractivity (Wildman–Crippen MR) is 126 cm³/mol. The standard InChI is InChI=1S/C20H31ClN4O2.HI/c1-3-22-20(24-12-5-11-23-19(26)16-6-4-7-16)25-13-10-15-8-9-17(27-2)14-18(15)21;/h8-9,14,16H,3-7,10-13H2,1-2H3,(H,23,26)(H2,22,24,25);1H. The zero-order valence-corrected chi connectivity index (χ0v) is 19.8. The lowest BCUT2D eigenvalue weighted by Crippen LogP contribution is -2.38. The minimum Gasteiger partial charge on any atom is -0.497 e. The quantitative estimate of drug-likeness (QED) is 0.191. The maximum absolute atomic E-state index is 11.8. The van der Waals surface area contributed by atoms with E-state index < -0.39 is 0 Å². The average molecular weight is 523 g/mol. The van der Waals surface area contributed by atoms with Crippen molar-refractivity contribution in [2.75, 3.05) is 33.3 Å². The Kier molecular flexibility index (Phi) is 12.3. The molecule has 1 saturated carbocycles. The molecule has 1 aromatic carbocycles. The third-order valence-electron chi connectivity index (χ3n) is 4.67. The van der Waals surface area contributed by atoms with Gasteiger partial charge in [0.25, 0.3) is 0 Å². The summed E-state index contributed by atoms with van der Waals surface area (Å²) in [6, 6.07) is 5.73. The number of aliphatic imine (C=N–C) groups is 1. The Morgan fingerprint density at radius 3 is 2.64 bits per heavy atom. The SMILES string of the molecule is CCNC(=NCCCNC(=O)C1CCC1)NCCc1ccc(OC)cc1Cl.I. The highest BCUT2D eigenvalue weighted by atomic mass is 127. The van der Waals surface area contributed by atoms with Crippen LogP contribution in [0.3, 0.4) is 0 Å². The average Bonchev–Trinajstić information content (AvgIpc) is 2.61. The maximum Gasteiger partial charge on any atom is 0.223 e. The first kappa shape index (κ1) is 24.8. The van der Waals surface area contributed by atoms with E-state index in [1.165, 1.54) is 6.42 Å². The van der Waals surface area contributed by atoms with Gasteiger partial charge in [-0.15, -0.1) is 24.0 Å². The second-order valence-corrected chi connectivity index (χ2v) is 7.07. The van der Waals surface area contributed by atoms with Crippen LogP contribution >= 0.6 is 35.6 Å². The fraction of sp³-hybridized carbons (Fsp3) is 0.600. The molecule has 8 heteroatoms. The van der Waals surface area contributed by atoms with Gasteiger partial charge in [0.1, 0.15) is 5.75 Å². The highest BCUT2D eigenvalue weighted by molar-refractivity contribution is 14.0. The van der Waals surface area contributed by atoms with Crippen LogP contribution in [0.4, 0.5) is 0 Å². The lowest BCUT2D eigenvalue weighted by Gasteiger charge is -2.23. The van der Waals surface area contributed by atoms with E-state index in [9.17, 15) is 4.79 Å². The molecule has 0 heterocycles. The number of carbonyl (C=O) groups is 1. The molecule has 0 atom stereocenters. The molecule has 6 nitrogen and oxygen atoms in total. The van der Waals surface area contributed by atoms with Crippen LogP contribution in [-0.2, 0) is 11.2 Å². The van der Waals surface area contributed by atoms with Gasteiger partial charge < -0.3 is 20.7 Å². The van der Waals surface area contributed by atoms with Crippen molar-refractivity contribution in [3.05, 3.63) is 28.8 Å². The lowest BCUT2D eigenvalue weighted by molar-refractivity contribution is -0.127. The van der Waals surface area contributed by atoms with E-state index in [4.69, 9.17) is 16.3 Å². The second kappa shape index (κ2) is 13.9. The normalized spacial score (nSPS) is 13.9. The van der Waals surface area contributed by atoms with E-state index in [1.54, 1.807) is 7.11 Å². The molecule has 0 unspecified atom stereocenters. The third-order valence-corrected chi connectivity index (χ3v) is 5.02. The van der Waals surface area contributed by atoms with Crippen molar-refractivity contribution >= 4 is 47.4 Å². The molecule has 28 heavy (non-hydrogen) atoms. The Bertz CT molecular complexity index is 639. The molecule has 0 aromatic heterocycles. The number of carbonyl (C=O) groups excluding carboxylic acids is 1. The smallest absolute Gasteiger partial charge is 0.223 e. The summed E-state index contributed by atoms with van der Waals surface area (Å²) in [5, 5.41) is 10.3. The number of guanidine groups is 1. The van der Waals surface area contributed by atoms with Crippen LogP contribution in [-0.4, -0.2) is 45.2 Å². The molecule has 1 fully saturated rings. The van der Waals surface area contributed by atoms with Gasteiger partial charge in [0.05, 0.1) is 7.11 Å². The molecular weight excluding hydrogens is 491 g/mol. The summed E-state index contributed by atoms with van der Waals surface area (Å²) in [4.78, 5) is 16.3. The van der Waals surface area contributed by atoms with Crippen LogP contribution in [0.25, 0.3) is 0 Å². The summed E-state index contributed by atoms with van der Waals surface area (Å²) in [7, 11) is 1.63. The number of benzene rings is 1. The van der Waals surface area contributed by atoms with Gasteiger partial charge >= 0.3 is 0 Å². The number of halogens is 2. The van der Waals surface area contributed by atoms with Crippen molar-refractivity contribution < 1.29 is 9.53 Å². The highest BCUT2D eigenvalue weighted by Gasteiger charge is 2.24. The first-order valence-electron chi connectivity index (χ1n) is 9.76. The molecule has 1 aliphatic carbocycles. The fourth-order valence-electron chi connectivity index (χ4n) is 2.81. The van der Waals surface area contributed by atoms with E-state index in [0.29, 0.717) is 18.1 Å². The van der Waals surface area contributed by atoms with Crippen molar-refractivity contribution in [1.82, 2.24) is 16.0 Å². The molecule has 2 rings (SSSR count). The van der Waals surface area contributed by atoms with E-state index in [1.807, 2.05) is 25.1 Å². The number of nitrogens with zero attached hydrogens (tertiary/aromatic N) is 1. The Morgan fingerprint density at radius 1 is 1.25 bits per heavy atom. The number of methoxy groups -OCH3 is 1. The van der Waals surface area contributed by atoms with E-state index in [-0.39, 0.29) is 35.8 Å². The lowest BCUT2D eigenvalue weighted by atomic mass is 9.85. The van der Waals surface area contributed by atoms with Gasteiger partial charge in [-0.2, -0.15) is 0 Å². The van der Waals surface area contributed by atoms with Gasteiger partial charge in [-0.05, 0) is 50.3 Å². The molecule has 1 aliphatic rings. The first-order valence-corrected chi connectivity index (χ1v) is 10.1.